The normalized spacial score (nSPS) is 20.6. The summed E-state index contributed by atoms with van der Waals surface area (Å²) in [4.78, 5) is 5.08. The Labute approximate surface area is 123 Å². The molecule has 0 saturated carbocycles. The molecule has 0 aromatic heterocycles. The first kappa shape index (κ1) is 15.3. The van der Waals surface area contributed by atoms with Gasteiger partial charge in [-0.2, -0.15) is 0 Å². The van der Waals surface area contributed by atoms with Crippen molar-refractivity contribution in [2.45, 2.75) is 45.7 Å². The zero-order chi connectivity index (χ0) is 14.5. The molecule has 1 saturated heterocycles. The summed E-state index contributed by atoms with van der Waals surface area (Å²) in [5.41, 5.74) is 8.66. The van der Waals surface area contributed by atoms with E-state index >= 15 is 0 Å². The molecular formula is C17H29N3. The van der Waals surface area contributed by atoms with Crippen LogP contribution in [0, 0.1) is 0 Å². The Hall–Kier alpha value is -1.06. The third kappa shape index (κ3) is 3.33. The molecule has 2 atom stereocenters. The fourth-order valence-electron chi connectivity index (χ4n) is 3.18. The van der Waals surface area contributed by atoms with Gasteiger partial charge in [0.25, 0.3) is 0 Å². The van der Waals surface area contributed by atoms with Crippen molar-refractivity contribution in [2.75, 3.05) is 31.1 Å². The number of benzene rings is 1. The monoisotopic (exact) mass is 275 g/mol. The van der Waals surface area contributed by atoms with E-state index < -0.39 is 0 Å². The summed E-state index contributed by atoms with van der Waals surface area (Å²) >= 11 is 0. The van der Waals surface area contributed by atoms with Crippen molar-refractivity contribution < 1.29 is 0 Å². The number of nitrogens with two attached hydrogens (primary N) is 1. The highest BCUT2D eigenvalue weighted by Crippen LogP contribution is 2.25. The highest BCUT2D eigenvalue weighted by Gasteiger charge is 2.26. The van der Waals surface area contributed by atoms with Gasteiger partial charge in [0.05, 0.1) is 0 Å². The maximum Gasteiger partial charge on any atom is 0.0366 e. The molecule has 2 rings (SSSR count). The Kier molecular flexibility index (Phi) is 5.44. The smallest absolute Gasteiger partial charge is 0.0366 e. The average Bonchev–Trinajstić information content (AvgIpc) is 2.97. The minimum atomic E-state index is 0.172. The molecule has 112 valence electrons. The van der Waals surface area contributed by atoms with Crippen LogP contribution in [-0.4, -0.2) is 37.1 Å². The van der Waals surface area contributed by atoms with Gasteiger partial charge in [0, 0.05) is 30.9 Å². The predicted octanol–water partition coefficient (Wildman–Crippen LogP) is 3.02. The second-order valence-electron chi connectivity index (χ2n) is 5.72. The van der Waals surface area contributed by atoms with Gasteiger partial charge < -0.3 is 10.6 Å². The van der Waals surface area contributed by atoms with E-state index in [1.807, 2.05) is 0 Å². The van der Waals surface area contributed by atoms with Crippen LogP contribution in [0.3, 0.4) is 0 Å². The highest BCUT2D eigenvalue weighted by molar-refractivity contribution is 5.49. The molecule has 1 unspecified atom stereocenters. The van der Waals surface area contributed by atoms with Gasteiger partial charge >= 0.3 is 0 Å². The van der Waals surface area contributed by atoms with E-state index in [0.29, 0.717) is 6.04 Å². The average molecular weight is 275 g/mol. The number of hydrogen-bond donors (Lipinski definition) is 1. The van der Waals surface area contributed by atoms with Gasteiger partial charge in [-0.1, -0.05) is 32.9 Å². The molecule has 20 heavy (non-hydrogen) atoms. The lowest BCUT2D eigenvalue weighted by Gasteiger charge is -2.26. The molecule has 0 radical (unpaired) electrons. The molecule has 1 heterocycles. The molecule has 0 amide bonds. The van der Waals surface area contributed by atoms with E-state index in [1.54, 1.807) is 0 Å². The van der Waals surface area contributed by atoms with Crippen molar-refractivity contribution in [1.82, 2.24) is 4.90 Å². The van der Waals surface area contributed by atoms with Crippen LogP contribution in [0.25, 0.3) is 0 Å². The summed E-state index contributed by atoms with van der Waals surface area (Å²) in [6.07, 6.45) is 2.27. The van der Waals surface area contributed by atoms with Gasteiger partial charge in [-0.3, -0.25) is 4.90 Å². The van der Waals surface area contributed by atoms with Crippen LogP contribution in [-0.2, 0) is 0 Å². The molecule has 1 aliphatic heterocycles. The maximum absolute atomic E-state index is 6.08. The van der Waals surface area contributed by atoms with Gasteiger partial charge in [0.15, 0.2) is 0 Å². The van der Waals surface area contributed by atoms with Gasteiger partial charge in [-0.05, 0) is 43.6 Å². The van der Waals surface area contributed by atoms with Crippen LogP contribution in [0.5, 0.6) is 0 Å². The Morgan fingerprint density at radius 3 is 2.40 bits per heavy atom. The fraction of sp³-hybridized carbons (Fsp3) is 0.647. The zero-order valence-corrected chi connectivity index (χ0v) is 13.2. The van der Waals surface area contributed by atoms with E-state index in [9.17, 15) is 0 Å². The first-order valence-electron chi connectivity index (χ1n) is 8.04. The third-order valence-electron chi connectivity index (χ3n) is 4.62. The standard InChI is InChI=1S/C17H29N3/c1-4-17(18)14-7-9-15(10-8-14)20-12-11-16(13-20)19(5-2)6-3/h7-10,16-17H,4-6,11-13,18H2,1-3H3/t16?,17-/m0/s1. The minimum Gasteiger partial charge on any atom is -0.370 e. The number of likely N-dealkylation sites (N-methyl/N-ethyl adjacent to an activating group) is 1. The van der Waals surface area contributed by atoms with Crippen molar-refractivity contribution in [2.24, 2.45) is 5.73 Å². The van der Waals surface area contributed by atoms with E-state index in [-0.39, 0.29) is 6.04 Å². The van der Waals surface area contributed by atoms with Crippen LogP contribution in [0.2, 0.25) is 0 Å². The quantitative estimate of drug-likeness (QED) is 0.866. The Bertz CT molecular complexity index is 397. The summed E-state index contributed by atoms with van der Waals surface area (Å²) < 4.78 is 0. The zero-order valence-electron chi connectivity index (χ0n) is 13.2. The minimum absolute atomic E-state index is 0.172. The molecule has 1 fully saturated rings. The highest BCUT2D eigenvalue weighted by atomic mass is 15.2. The Balaban J connectivity index is 1.99. The lowest BCUT2D eigenvalue weighted by atomic mass is 10.1. The SMILES string of the molecule is CC[C@H](N)c1ccc(N2CCC(N(CC)CC)C2)cc1. The van der Waals surface area contributed by atoms with Crippen molar-refractivity contribution in [3.63, 3.8) is 0 Å². The molecule has 3 nitrogen and oxygen atoms in total. The summed E-state index contributed by atoms with van der Waals surface area (Å²) in [5.74, 6) is 0. The summed E-state index contributed by atoms with van der Waals surface area (Å²) in [6, 6.07) is 9.72. The second kappa shape index (κ2) is 7.09. The number of anilines is 1. The maximum atomic E-state index is 6.08. The van der Waals surface area contributed by atoms with Gasteiger partial charge in [0.2, 0.25) is 0 Å². The van der Waals surface area contributed by atoms with E-state index in [0.717, 1.165) is 26.1 Å². The first-order valence-corrected chi connectivity index (χ1v) is 8.04. The lowest BCUT2D eigenvalue weighted by Crippen LogP contribution is -2.37. The number of rotatable bonds is 6. The van der Waals surface area contributed by atoms with Crippen molar-refractivity contribution in [3.8, 4) is 0 Å². The van der Waals surface area contributed by atoms with Crippen molar-refractivity contribution in [1.29, 1.82) is 0 Å². The summed E-state index contributed by atoms with van der Waals surface area (Å²) in [5, 5.41) is 0. The van der Waals surface area contributed by atoms with E-state index in [1.165, 1.54) is 24.2 Å². The van der Waals surface area contributed by atoms with Gasteiger partial charge in [-0.15, -0.1) is 0 Å². The van der Waals surface area contributed by atoms with Crippen molar-refractivity contribution >= 4 is 5.69 Å². The summed E-state index contributed by atoms with van der Waals surface area (Å²) in [7, 11) is 0. The number of hydrogen-bond acceptors (Lipinski definition) is 3. The third-order valence-corrected chi connectivity index (χ3v) is 4.62. The first-order chi connectivity index (χ1) is 9.69. The fourth-order valence-corrected chi connectivity index (χ4v) is 3.18. The predicted molar refractivity (Wildman–Crippen MR) is 87.2 cm³/mol. The van der Waals surface area contributed by atoms with Crippen LogP contribution < -0.4 is 10.6 Å². The molecule has 1 aliphatic rings. The van der Waals surface area contributed by atoms with Gasteiger partial charge in [-0.25, -0.2) is 0 Å². The molecule has 0 bridgehead atoms. The molecular weight excluding hydrogens is 246 g/mol. The molecule has 1 aromatic carbocycles. The lowest BCUT2D eigenvalue weighted by molar-refractivity contribution is 0.232. The molecule has 1 aromatic rings. The second-order valence-corrected chi connectivity index (χ2v) is 5.72. The molecule has 2 N–H and O–H groups in total. The van der Waals surface area contributed by atoms with Crippen LogP contribution in [0.15, 0.2) is 24.3 Å². The van der Waals surface area contributed by atoms with E-state index in [4.69, 9.17) is 5.73 Å². The van der Waals surface area contributed by atoms with Crippen molar-refractivity contribution in [3.05, 3.63) is 29.8 Å². The van der Waals surface area contributed by atoms with Crippen LogP contribution in [0.1, 0.15) is 45.2 Å². The van der Waals surface area contributed by atoms with Crippen LogP contribution >= 0.6 is 0 Å². The summed E-state index contributed by atoms with van der Waals surface area (Å²) in [6.45, 7) is 11.3. The topological polar surface area (TPSA) is 32.5 Å². The van der Waals surface area contributed by atoms with E-state index in [2.05, 4.69) is 54.8 Å². The van der Waals surface area contributed by atoms with Gasteiger partial charge in [0.1, 0.15) is 0 Å². The molecule has 3 heteroatoms. The Morgan fingerprint density at radius 2 is 1.85 bits per heavy atom. The molecule has 0 aliphatic carbocycles. The number of nitrogens with zero attached hydrogens (tertiary/aromatic N) is 2. The Morgan fingerprint density at radius 1 is 1.20 bits per heavy atom. The largest absolute Gasteiger partial charge is 0.370 e. The van der Waals surface area contributed by atoms with Crippen LogP contribution in [0.4, 0.5) is 5.69 Å². The molecule has 0 spiro atoms.